The molecule has 0 fully saturated rings. The quantitative estimate of drug-likeness (QED) is 0.843. The molecular formula is C11H12FN3O2S2. The number of nitrogens with zero attached hydrogens (tertiary/aromatic N) is 3. The van der Waals surface area contributed by atoms with Crippen LogP contribution < -0.4 is 4.31 Å². The van der Waals surface area contributed by atoms with Gasteiger partial charge in [-0.25, -0.2) is 17.1 Å². The molecule has 0 aliphatic carbocycles. The minimum Gasteiger partial charge on any atom is -0.247 e. The van der Waals surface area contributed by atoms with Gasteiger partial charge in [0.25, 0.3) is 0 Å². The van der Waals surface area contributed by atoms with Crippen molar-refractivity contribution in [2.75, 3.05) is 17.1 Å². The van der Waals surface area contributed by atoms with Crippen molar-refractivity contribution < 1.29 is 12.8 Å². The van der Waals surface area contributed by atoms with Crippen LogP contribution in [0.3, 0.4) is 0 Å². The fourth-order valence-electron chi connectivity index (χ4n) is 1.50. The number of rotatable bonds is 5. The summed E-state index contributed by atoms with van der Waals surface area (Å²) in [5.74, 6) is -0.473. The number of benzene rings is 1. The highest BCUT2D eigenvalue weighted by atomic mass is 32.2. The van der Waals surface area contributed by atoms with Gasteiger partial charge in [0.15, 0.2) is 0 Å². The third kappa shape index (κ3) is 3.48. The molecule has 0 amide bonds. The third-order valence-electron chi connectivity index (χ3n) is 2.57. The molecule has 8 heteroatoms. The number of sulfonamides is 1. The highest BCUT2D eigenvalue weighted by molar-refractivity contribution is 7.92. The Bertz CT molecular complexity index is 644. The summed E-state index contributed by atoms with van der Waals surface area (Å²) in [5.41, 5.74) is 2.11. The van der Waals surface area contributed by atoms with E-state index in [0.717, 1.165) is 15.6 Å². The third-order valence-corrected chi connectivity index (χ3v) is 5.18. The largest absolute Gasteiger partial charge is 0.247 e. The lowest BCUT2D eigenvalue weighted by Crippen LogP contribution is -2.29. The first-order valence-corrected chi connectivity index (χ1v) is 7.95. The normalized spacial score (nSPS) is 11.5. The van der Waals surface area contributed by atoms with Gasteiger partial charge >= 0.3 is 0 Å². The van der Waals surface area contributed by atoms with E-state index in [1.165, 1.54) is 24.7 Å². The summed E-state index contributed by atoms with van der Waals surface area (Å²) in [4.78, 5) is 0. The molecule has 0 aliphatic heterocycles. The minimum absolute atomic E-state index is 0.105. The van der Waals surface area contributed by atoms with Crippen molar-refractivity contribution >= 4 is 26.5 Å². The van der Waals surface area contributed by atoms with Crippen molar-refractivity contribution in [1.82, 2.24) is 10.2 Å². The van der Waals surface area contributed by atoms with Crippen LogP contribution in [0.5, 0.6) is 0 Å². The highest BCUT2D eigenvalue weighted by Gasteiger charge is 2.20. The van der Waals surface area contributed by atoms with Crippen LogP contribution in [0.15, 0.2) is 29.8 Å². The van der Waals surface area contributed by atoms with Crippen molar-refractivity contribution in [2.24, 2.45) is 0 Å². The van der Waals surface area contributed by atoms with Gasteiger partial charge in [0.1, 0.15) is 11.3 Å². The maximum atomic E-state index is 13.0. The van der Waals surface area contributed by atoms with Gasteiger partial charge in [0, 0.05) is 7.05 Å². The van der Waals surface area contributed by atoms with E-state index in [1.54, 1.807) is 12.1 Å². The van der Waals surface area contributed by atoms with Crippen LogP contribution in [0.1, 0.15) is 5.56 Å². The van der Waals surface area contributed by atoms with Crippen molar-refractivity contribution in [1.29, 1.82) is 0 Å². The van der Waals surface area contributed by atoms with Crippen LogP contribution in [0.25, 0.3) is 0 Å². The molecule has 2 aromatic rings. The van der Waals surface area contributed by atoms with Gasteiger partial charge in [0.05, 0.1) is 5.75 Å². The molecule has 0 atom stereocenters. The van der Waals surface area contributed by atoms with Gasteiger partial charge in [-0.3, -0.25) is 0 Å². The molecule has 2 rings (SSSR count). The van der Waals surface area contributed by atoms with Gasteiger partial charge in [-0.2, -0.15) is 0 Å². The maximum absolute atomic E-state index is 13.0. The summed E-state index contributed by atoms with van der Waals surface area (Å²) in [5, 5.41) is 7.63. The average Bonchev–Trinajstić information content (AvgIpc) is 2.89. The predicted molar refractivity (Wildman–Crippen MR) is 72.2 cm³/mol. The van der Waals surface area contributed by atoms with E-state index in [1.807, 2.05) is 0 Å². The van der Waals surface area contributed by atoms with Crippen molar-refractivity contribution in [3.63, 3.8) is 0 Å². The molecule has 0 N–H and O–H groups in total. The molecule has 1 aromatic carbocycles. The summed E-state index contributed by atoms with van der Waals surface area (Å²) in [7, 11) is -2.04. The molecular weight excluding hydrogens is 289 g/mol. The Morgan fingerprint density at radius 3 is 2.84 bits per heavy atom. The molecule has 1 heterocycles. The molecule has 0 saturated carbocycles. The van der Waals surface area contributed by atoms with Crippen molar-refractivity contribution in [3.8, 4) is 0 Å². The molecule has 0 aliphatic rings. The van der Waals surface area contributed by atoms with Crippen LogP contribution >= 0.6 is 11.3 Å². The lowest BCUT2D eigenvalue weighted by atomic mass is 10.2. The van der Waals surface area contributed by atoms with E-state index in [9.17, 15) is 12.8 Å². The molecule has 102 valence electrons. The zero-order valence-corrected chi connectivity index (χ0v) is 11.8. The van der Waals surface area contributed by atoms with E-state index >= 15 is 0 Å². The second kappa shape index (κ2) is 5.62. The van der Waals surface area contributed by atoms with Crippen LogP contribution in [0.4, 0.5) is 9.52 Å². The summed E-state index contributed by atoms with van der Waals surface area (Å²) in [6.45, 7) is 0. The molecule has 19 heavy (non-hydrogen) atoms. The Hall–Kier alpha value is -1.54. The van der Waals surface area contributed by atoms with Gasteiger partial charge in [-0.1, -0.05) is 23.5 Å². The van der Waals surface area contributed by atoms with E-state index in [0.29, 0.717) is 10.7 Å². The van der Waals surface area contributed by atoms with E-state index < -0.39 is 10.0 Å². The van der Waals surface area contributed by atoms with Crippen LogP contribution in [-0.2, 0) is 16.4 Å². The number of aryl methyl sites for hydroxylation is 1. The first-order chi connectivity index (χ1) is 8.99. The summed E-state index contributed by atoms with van der Waals surface area (Å²) < 4.78 is 38.2. The molecule has 0 unspecified atom stereocenters. The van der Waals surface area contributed by atoms with Crippen LogP contribution in [-0.4, -0.2) is 31.4 Å². The zero-order valence-electron chi connectivity index (χ0n) is 10.2. The summed E-state index contributed by atoms with van der Waals surface area (Å²) in [6, 6.07) is 5.92. The van der Waals surface area contributed by atoms with Crippen molar-refractivity contribution in [3.05, 3.63) is 41.2 Å². The Morgan fingerprint density at radius 2 is 2.21 bits per heavy atom. The number of anilines is 1. The number of aromatic nitrogens is 2. The SMILES string of the molecule is CN(c1nncs1)S(=O)(=O)CCc1cccc(F)c1. The van der Waals surface area contributed by atoms with Gasteiger partial charge in [-0.05, 0) is 24.1 Å². The lowest BCUT2D eigenvalue weighted by Gasteiger charge is -2.15. The molecule has 0 spiro atoms. The fraction of sp³-hybridized carbons (Fsp3) is 0.273. The molecule has 0 bridgehead atoms. The minimum atomic E-state index is -3.48. The van der Waals surface area contributed by atoms with Gasteiger partial charge < -0.3 is 0 Å². The fourth-order valence-corrected chi connectivity index (χ4v) is 3.44. The zero-order chi connectivity index (χ0) is 13.9. The first-order valence-electron chi connectivity index (χ1n) is 5.46. The smallest absolute Gasteiger partial charge is 0.237 e. The lowest BCUT2D eigenvalue weighted by molar-refractivity contribution is 0.592. The van der Waals surface area contributed by atoms with Gasteiger partial charge in [-0.15, -0.1) is 10.2 Å². The summed E-state index contributed by atoms with van der Waals surface area (Å²) in [6.07, 6.45) is 0.253. The van der Waals surface area contributed by atoms with E-state index in [4.69, 9.17) is 0 Å². The standard InChI is InChI=1S/C11H12FN3O2S2/c1-15(11-14-13-8-18-11)19(16,17)6-5-9-3-2-4-10(12)7-9/h2-4,7-8H,5-6H2,1H3. The predicted octanol–water partition coefficient (Wildman–Crippen LogP) is 1.69. The van der Waals surface area contributed by atoms with Gasteiger partial charge in [0.2, 0.25) is 15.2 Å². The monoisotopic (exact) mass is 301 g/mol. The Kier molecular flexibility index (Phi) is 4.11. The number of hydrogen-bond donors (Lipinski definition) is 0. The van der Waals surface area contributed by atoms with Crippen LogP contribution in [0, 0.1) is 5.82 Å². The Morgan fingerprint density at radius 1 is 1.42 bits per heavy atom. The molecule has 0 radical (unpaired) electrons. The molecule has 1 aromatic heterocycles. The van der Waals surface area contributed by atoms with Crippen LogP contribution in [0.2, 0.25) is 0 Å². The first kappa shape index (κ1) is 13.9. The molecule has 5 nitrogen and oxygen atoms in total. The Labute approximate surface area is 114 Å². The molecule has 0 saturated heterocycles. The van der Waals surface area contributed by atoms with E-state index in [2.05, 4.69) is 10.2 Å². The number of halogens is 1. The highest BCUT2D eigenvalue weighted by Crippen LogP contribution is 2.18. The van der Waals surface area contributed by atoms with Crippen molar-refractivity contribution in [2.45, 2.75) is 6.42 Å². The maximum Gasteiger partial charge on any atom is 0.237 e. The average molecular weight is 301 g/mol. The summed E-state index contributed by atoms with van der Waals surface area (Å²) >= 11 is 1.15. The Balaban J connectivity index is 2.06. The number of hydrogen-bond acceptors (Lipinski definition) is 5. The van der Waals surface area contributed by atoms with E-state index in [-0.39, 0.29) is 18.0 Å². The second-order valence-electron chi connectivity index (χ2n) is 3.88. The second-order valence-corrected chi connectivity index (χ2v) is 6.82. The topological polar surface area (TPSA) is 63.2 Å².